The lowest BCUT2D eigenvalue weighted by Gasteiger charge is -2.36. The number of benzene rings is 1. The molecule has 1 aromatic carbocycles. The molecule has 2 rings (SSSR count). The van der Waals surface area contributed by atoms with Crippen LogP contribution in [0.2, 0.25) is 0 Å². The van der Waals surface area contributed by atoms with Gasteiger partial charge in [0.15, 0.2) is 0 Å². The quantitative estimate of drug-likeness (QED) is 0.916. The maximum absolute atomic E-state index is 13.0. The molecule has 0 aromatic heterocycles. The van der Waals surface area contributed by atoms with E-state index in [2.05, 4.69) is 10.2 Å². The Bertz CT molecular complexity index is 573. The molecule has 2 amide bonds. The Morgan fingerprint density at radius 1 is 1.08 bits per heavy atom. The van der Waals surface area contributed by atoms with Gasteiger partial charge in [0.1, 0.15) is 5.82 Å². The Morgan fingerprint density at radius 2 is 1.67 bits per heavy atom. The number of carbonyl (C=O) groups excluding carboxylic acids is 2. The number of piperazine rings is 1. The van der Waals surface area contributed by atoms with Crippen molar-refractivity contribution in [1.82, 2.24) is 10.2 Å². The largest absolute Gasteiger partial charge is 0.368 e. The van der Waals surface area contributed by atoms with Gasteiger partial charge in [0.25, 0.3) is 0 Å². The predicted octanol–water partition coefficient (Wildman–Crippen LogP) is 2.03. The number of hydrogen-bond acceptors (Lipinski definition) is 3. The average molecular weight is 335 g/mol. The zero-order chi connectivity index (χ0) is 17.7. The van der Waals surface area contributed by atoms with Crippen LogP contribution in [0.5, 0.6) is 0 Å². The monoisotopic (exact) mass is 335 g/mol. The van der Waals surface area contributed by atoms with Crippen LogP contribution < -0.4 is 10.2 Å². The Balaban J connectivity index is 1.74. The minimum absolute atomic E-state index is 0.0450. The third-order valence-electron chi connectivity index (χ3n) is 4.13. The molecule has 1 aromatic rings. The molecule has 1 fully saturated rings. The molecule has 0 atom stereocenters. The first-order valence-electron chi connectivity index (χ1n) is 8.34. The molecule has 5 nitrogen and oxygen atoms in total. The lowest BCUT2D eigenvalue weighted by Crippen LogP contribution is -2.49. The van der Waals surface area contributed by atoms with E-state index in [-0.39, 0.29) is 17.6 Å². The highest BCUT2D eigenvalue weighted by Gasteiger charge is 2.23. The number of carbonyl (C=O) groups is 2. The van der Waals surface area contributed by atoms with Crippen molar-refractivity contribution in [2.45, 2.75) is 27.2 Å². The van der Waals surface area contributed by atoms with E-state index >= 15 is 0 Å². The van der Waals surface area contributed by atoms with Gasteiger partial charge in [0.2, 0.25) is 11.8 Å². The van der Waals surface area contributed by atoms with Gasteiger partial charge in [-0.1, -0.05) is 20.8 Å². The first kappa shape index (κ1) is 18.2. The highest BCUT2D eigenvalue weighted by atomic mass is 19.1. The van der Waals surface area contributed by atoms with Crippen molar-refractivity contribution in [2.75, 3.05) is 37.6 Å². The molecule has 0 radical (unpaired) electrons. The van der Waals surface area contributed by atoms with Gasteiger partial charge in [-0.05, 0) is 24.3 Å². The van der Waals surface area contributed by atoms with E-state index in [1.807, 2.05) is 25.7 Å². The van der Waals surface area contributed by atoms with Crippen LogP contribution in [0.3, 0.4) is 0 Å². The smallest absolute Gasteiger partial charge is 0.225 e. The number of amides is 2. The molecule has 1 aliphatic rings. The summed E-state index contributed by atoms with van der Waals surface area (Å²) in [6.07, 6.45) is 0.318. The van der Waals surface area contributed by atoms with Crippen LogP contribution in [0.25, 0.3) is 0 Å². The number of nitrogens with zero attached hydrogens (tertiary/aromatic N) is 2. The fourth-order valence-electron chi connectivity index (χ4n) is 2.57. The van der Waals surface area contributed by atoms with Gasteiger partial charge in [-0.3, -0.25) is 9.59 Å². The van der Waals surface area contributed by atoms with Crippen LogP contribution in [-0.4, -0.2) is 49.4 Å². The van der Waals surface area contributed by atoms with E-state index in [1.165, 1.54) is 12.1 Å². The number of rotatable bonds is 4. The minimum atomic E-state index is -0.441. The summed E-state index contributed by atoms with van der Waals surface area (Å²) in [6, 6.07) is 6.42. The topological polar surface area (TPSA) is 52.7 Å². The van der Waals surface area contributed by atoms with Crippen molar-refractivity contribution in [3.63, 3.8) is 0 Å². The molecular weight excluding hydrogens is 309 g/mol. The van der Waals surface area contributed by atoms with Crippen molar-refractivity contribution in [3.05, 3.63) is 30.1 Å². The second-order valence-corrected chi connectivity index (χ2v) is 7.10. The Kier molecular flexibility index (Phi) is 5.80. The average Bonchev–Trinajstić information content (AvgIpc) is 2.54. The minimum Gasteiger partial charge on any atom is -0.368 e. The summed E-state index contributed by atoms with van der Waals surface area (Å²) in [5, 5.41) is 2.80. The molecule has 24 heavy (non-hydrogen) atoms. The van der Waals surface area contributed by atoms with E-state index < -0.39 is 5.41 Å². The van der Waals surface area contributed by atoms with Gasteiger partial charge in [0, 0.05) is 50.2 Å². The third kappa shape index (κ3) is 4.94. The highest BCUT2D eigenvalue weighted by molar-refractivity contribution is 5.82. The zero-order valence-electron chi connectivity index (χ0n) is 14.6. The van der Waals surface area contributed by atoms with E-state index in [0.29, 0.717) is 26.1 Å². The maximum Gasteiger partial charge on any atom is 0.225 e. The summed E-state index contributed by atoms with van der Waals surface area (Å²) < 4.78 is 13.0. The van der Waals surface area contributed by atoms with Crippen molar-refractivity contribution in [3.8, 4) is 0 Å². The molecule has 6 heteroatoms. The fourth-order valence-corrected chi connectivity index (χ4v) is 2.57. The van der Waals surface area contributed by atoms with Crippen LogP contribution in [-0.2, 0) is 9.59 Å². The molecule has 1 heterocycles. The van der Waals surface area contributed by atoms with Crippen LogP contribution in [0.4, 0.5) is 10.1 Å². The second-order valence-electron chi connectivity index (χ2n) is 7.10. The summed E-state index contributed by atoms with van der Waals surface area (Å²) in [4.78, 5) is 28.0. The van der Waals surface area contributed by atoms with E-state index in [1.54, 1.807) is 12.1 Å². The van der Waals surface area contributed by atoms with Gasteiger partial charge in [-0.15, -0.1) is 0 Å². The molecule has 0 aliphatic carbocycles. The van der Waals surface area contributed by atoms with Crippen molar-refractivity contribution in [1.29, 1.82) is 0 Å². The van der Waals surface area contributed by atoms with Crippen LogP contribution >= 0.6 is 0 Å². The molecule has 0 bridgehead atoms. The van der Waals surface area contributed by atoms with E-state index in [9.17, 15) is 14.0 Å². The van der Waals surface area contributed by atoms with Crippen LogP contribution in [0.1, 0.15) is 27.2 Å². The predicted molar refractivity (Wildman–Crippen MR) is 92.3 cm³/mol. The Morgan fingerprint density at radius 3 is 2.21 bits per heavy atom. The van der Waals surface area contributed by atoms with Crippen molar-refractivity contribution >= 4 is 17.5 Å². The molecule has 1 aliphatic heterocycles. The number of anilines is 1. The van der Waals surface area contributed by atoms with E-state index in [4.69, 9.17) is 0 Å². The third-order valence-corrected chi connectivity index (χ3v) is 4.13. The molecule has 1 N–H and O–H groups in total. The Labute approximate surface area is 142 Å². The van der Waals surface area contributed by atoms with Crippen molar-refractivity contribution < 1.29 is 14.0 Å². The van der Waals surface area contributed by atoms with Gasteiger partial charge in [-0.2, -0.15) is 0 Å². The molecule has 132 valence electrons. The first-order chi connectivity index (χ1) is 11.3. The number of nitrogens with one attached hydrogen (secondary N) is 1. The lowest BCUT2D eigenvalue weighted by molar-refractivity contribution is -0.132. The SMILES string of the molecule is CC(C)(C)C(=O)NCCC(=O)N1CCN(c2ccc(F)cc2)CC1. The van der Waals surface area contributed by atoms with Crippen LogP contribution in [0, 0.1) is 11.2 Å². The number of hydrogen-bond donors (Lipinski definition) is 1. The molecule has 0 spiro atoms. The van der Waals surface area contributed by atoms with Crippen LogP contribution in [0.15, 0.2) is 24.3 Å². The molecular formula is C18H26FN3O2. The molecule has 0 saturated carbocycles. The van der Waals surface area contributed by atoms with Gasteiger partial charge in [0.05, 0.1) is 0 Å². The molecule has 1 saturated heterocycles. The fraction of sp³-hybridized carbons (Fsp3) is 0.556. The summed E-state index contributed by atoms with van der Waals surface area (Å²) in [7, 11) is 0. The Hall–Kier alpha value is -2.11. The standard InChI is InChI=1S/C18H26FN3O2/c1-18(2,3)17(24)20-9-8-16(23)22-12-10-21(11-13-22)15-6-4-14(19)5-7-15/h4-7H,8-13H2,1-3H3,(H,20,24). The van der Waals surface area contributed by atoms with Crippen molar-refractivity contribution in [2.24, 2.45) is 5.41 Å². The van der Waals surface area contributed by atoms with Gasteiger partial charge < -0.3 is 15.1 Å². The molecule has 0 unspecified atom stereocenters. The maximum atomic E-state index is 13.0. The second kappa shape index (κ2) is 7.64. The summed E-state index contributed by atoms with van der Waals surface area (Å²) >= 11 is 0. The zero-order valence-corrected chi connectivity index (χ0v) is 14.6. The summed E-state index contributed by atoms with van der Waals surface area (Å²) in [5.74, 6) is -0.232. The van der Waals surface area contributed by atoms with Gasteiger partial charge >= 0.3 is 0 Å². The number of halogens is 1. The summed E-state index contributed by atoms with van der Waals surface area (Å²) in [5.41, 5.74) is 0.532. The first-order valence-corrected chi connectivity index (χ1v) is 8.34. The van der Waals surface area contributed by atoms with Gasteiger partial charge in [-0.25, -0.2) is 4.39 Å². The highest BCUT2D eigenvalue weighted by Crippen LogP contribution is 2.17. The lowest BCUT2D eigenvalue weighted by atomic mass is 9.96. The van der Waals surface area contributed by atoms with E-state index in [0.717, 1.165) is 18.8 Å². The summed E-state index contributed by atoms with van der Waals surface area (Å²) in [6.45, 7) is 8.65. The normalized spacial score (nSPS) is 15.3.